The Hall–Kier alpha value is 0.470. The van der Waals surface area contributed by atoms with Crippen LogP contribution in [0, 0.1) is 0 Å². The predicted octanol–water partition coefficient (Wildman–Crippen LogP) is 1.59. The van der Waals surface area contributed by atoms with E-state index in [4.69, 9.17) is 0 Å². The standard InChI is InChI=1S/C18H34N2O3S2.Na/c1-2-3-4-5-6-7-8-9-10-11-12-20-15-18(19-17-20)16-24-13-14-25(21,22)23;/h15,17H,2-14,16H2,1H3,(H,21,22,23);/q;+1/p-1. The second-order valence-corrected chi connectivity index (χ2v) is 9.23. The maximum atomic E-state index is 10.5. The van der Waals surface area contributed by atoms with E-state index in [1.165, 1.54) is 76.0 Å². The molecule has 26 heavy (non-hydrogen) atoms. The van der Waals surface area contributed by atoms with Crippen molar-refractivity contribution in [2.45, 2.75) is 83.4 Å². The van der Waals surface area contributed by atoms with Crippen molar-refractivity contribution in [3.8, 4) is 0 Å². The van der Waals surface area contributed by atoms with E-state index in [2.05, 4.69) is 16.5 Å². The van der Waals surface area contributed by atoms with Gasteiger partial charge in [0, 0.05) is 30.0 Å². The number of aryl methyl sites for hydroxylation is 1. The number of imidazole rings is 1. The van der Waals surface area contributed by atoms with Crippen LogP contribution in [0.15, 0.2) is 12.5 Å². The van der Waals surface area contributed by atoms with Crippen LogP contribution in [0.1, 0.15) is 76.8 Å². The van der Waals surface area contributed by atoms with Crippen molar-refractivity contribution in [3.63, 3.8) is 0 Å². The molecule has 0 aliphatic carbocycles. The minimum Gasteiger partial charge on any atom is -0.748 e. The van der Waals surface area contributed by atoms with Gasteiger partial charge in [-0.25, -0.2) is 13.4 Å². The summed E-state index contributed by atoms with van der Waals surface area (Å²) in [6, 6.07) is 0. The van der Waals surface area contributed by atoms with Gasteiger partial charge in [0.15, 0.2) is 0 Å². The van der Waals surface area contributed by atoms with Crippen LogP contribution in [0.5, 0.6) is 0 Å². The normalized spacial score (nSPS) is 11.5. The maximum Gasteiger partial charge on any atom is 1.00 e. The minimum atomic E-state index is -4.10. The topological polar surface area (TPSA) is 75.0 Å². The third-order valence-electron chi connectivity index (χ3n) is 4.18. The Morgan fingerprint density at radius 2 is 1.62 bits per heavy atom. The zero-order valence-electron chi connectivity index (χ0n) is 16.5. The van der Waals surface area contributed by atoms with Crippen LogP contribution in [0.3, 0.4) is 0 Å². The van der Waals surface area contributed by atoms with Crippen molar-refractivity contribution in [1.29, 1.82) is 0 Å². The molecule has 0 amide bonds. The Labute approximate surface area is 186 Å². The number of nitrogens with zero attached hydrogens (tertiary/aromatic N) is 2. The molecule has 0 saturated carbocycles. The molecule has 1 rings (SSSR count). The van der Waals surface area contributed by atoms with E-state index in [9.17, 15) is 13.0 Å². The molecule has 0 atom stereocenters. The van der Waals surface area contributed by atoms with Crippen molar-refractivity contribution in [2.75, 3.05) is 11.5 Å². The summed E-state index contributed by atoms with van der Waals surface area (Å²) in [6.45, 7) is 3.24. The van der Waals surface area contributed by atoms with Crippen LogP contribution in [-0.2, 0) is 22.4 Å². The van der Waals surface area contributed by atoms with Gasteiger partial charge >= 0.3 is 29.6 Å². The summed E-state index contributed by atoms with van der Waals surface area (Å²) < 4.78 is 33.7. The molecule has 0 saturated heterocycles. The summed E-state index contributed by atoms with van der Waals surface area (Å²) in [4.78, 5) is 4.33. The second kappa shape index (κ2) is 16.4. The van der Waals surface area contributed by atoms with E-state index in [0.717, 1.165) is 12.2 Å². The summed E-state index contributed by atoms with van der Waals surface area (Å²) in [7, 11) is -4.10. The van der Waals surface area contributed by atoms with Gasteiger partial charge in [-0.1, -0.05) is 64.7 Å². The third kappa shape index (κ3) is 15.5. The fourth-order valence-corrected chi connectivity index (χ4v) is 4.51. The first-order valence-electron chi connectivity index (χ1n) is 9.53. The fourth-order valence-electron chi connectivity index (χ4n) is 2.72. The summed E-state index contributed by atoms with van der Waals surface area (Å²) in [5.74, 6) is 0.675. The summed E-state index contributed by atoms with van der Waals surface area (Å²) in [6.07, 6.45) is 17.2. The predicted molar refractivity (Wildman–Crippen MR) is 105 cm³/mol. The molecule has 0 aliphatic rings. The molecule has 0 aromatic carbocycles. The van der Waals surface area contributed by atoms with Crippen LogP contribution >= 0.6 is 11.8 Å². The van der Waals surface area contributed by atoms with E-state index in [1.807, 2.05) is 12.5 Å². The minimum absolute atomic E-state index is 0. The smallest absolute Gasteiger partial charge is 0.748 e. The van der Waals surface area contributed by atoms with Crippen LogP contribution in [0.25, 0.3) is 0 Å². The van der Waals surface area contributed by atoms with E-state index in [0.29, 0.717) is 11.5 Å². The zero-order valence-corrected chi connectivity index (χ0v) is 20.1. The molecule has 0 aliphatic heterocycles. The van der Waals surface area contributed by atoms with Crippen LogP contribution in [0.4, 0.5) is 0 Å². The van der Waals surface area contributed by atoms with Gasteiger partial charge in [-0.15, -0.1) is 0 Å². The number of rotatable bonds is 16. The van der Waals surface area contributed by atoms with Crippen LogP contribution < -0.4 is 29.6 Å². The van der Waals surface area contributed by atoms with Crippen LogP contribution in [-0.4, -0.2) is 34.0 Å². The molecule has 1 aromatic rings. The third-order valence-corrected chi connectivity index (χ3v) is 6.14. The quantitative estimate of drug-likeness (QED) is 0.234. The van der Waals surface area contributed by atoms with Gasteiger partial charge in [0.25, 0.3) is 0 Å². The average molecular weight is 413 g/mol. The van der Waals surface area contributed by atoms with Crippen molar-refractivity contribution >= 4 is 21.9 Å². The van der Waals surface area contributed by atoms with Crippen LogP contribution in [0.2, 0.25) is 0 Å². The monoisotopic (exact) mass is 412 g/mol. The van der Waals surface area contributed by atoms with Gasteiger partial charge in [-0.05, 0) is 6.42 Å². The van der Waals surface area contributed by atoms with Gasteiger partial charge in [-0.2, -0.15) is 11.8 Å². The Balaban J connectivity index is 0.00000625. The molecule has 0 N–H and O–H groups in total. The summed E-state index contributed by atoms with van der Waals surface area (Å²) >= 11 is 1.44. The zero-order chi connectivity index (χ0) is 18.4. The molecule has 5 nitrogen and oxygen atoms in total. The number of hydrogen-bond donors (Lipinski definition) is 0. The fraction of sp³-hybridized carbons (Fsp3) is 0.833. The largest absolute Gasteiger partial charge is 1.00 e. The Morgan fingerprint density at radius 3 is 2.19 bits per heavy atom. The van der Waals surface area contributed by atoms with Crippen molar-refractivity contribution in [2.24, 2.45) is 0 Å². The van der Waals surface area contributed by atoms with E-state index in [1.54, 1.807) is 0 Å². The van der Waals surface area contributed by atoms with Gasteiger partial charge in [-0.3, -0.25) is 0 Å². The SMILES string of the molecule is CCCCCCCCCCCCn1cnc(CSCCS(=O)(=O)[O-])c1.[Na+]. The molecule has 0 fully saturated rings. The van der Waals surface area contributed by atoms with Gasteiger partial charge in [0.1, 0.15) is 0 Å². The van der Waals surface area contributed by atoms with E-state index >= 15 is 0 Å². The Kier molecular flexibility index (Phi) is 16.7. The van der Waals surface area contributed by atoms with Gasteiger partial charge in [0.05, 0.1) is 22.1 Å². The Morgan fingerprint density at radius 1 is 1.04 bits per heavy atom. The molecular formula is C18H33N2NaO3S2. The molecule has 0 unspecified atom stereocenters. The molecule has 146 valence electrons. The molecule has 0 radical (unpaired) electrons. The molecule has 0 bridgehead atoms. The van der Waals surface area contributed by atoms with Gasteiger partial charge in [0.2, 0.25) is 0 Å². The summed E-state index contributed by atoms with van der Waals surface area (Å²) in [5.41, 5.74) is 0.945. The average Bonchev–Trinajstić information content (AvgIpc) is 3.00. The summed E-state index contributed by atoms with van der Waals surface area (Å²) in [5, 5.41) is 0. The van der Waals surface area contributed by atoms with E-state index in [-0.39, 0.29) is 35.3 Å². The maximum absolute atomic E-state index is 10.5. The first-order chi connectivity index (χ1) is 12.0. The Bertz CT molecular complexity index is 550. The number of unbranched alkanes of at least 4 members (excludes halogenated alkanes) is 9. The molecular weight excluding hydrogens is 379 g/mol. The number of aromatic nitrogens is 2. The van der Waals surface area contributed by atoms with Crippen molar-refractivity contribution in [3.05, 3.63) is 18.2 Å². The van der Waals surface area contributed by atoms with Crippen molar-refractivity contribution < 1.29 is 42.5 Å². The van der Waals surface area contributed by atoms with Gasteiger partial charge < -0.3 is 9.12 Å². The molecule has 8 heteroatoms. The first kappa shape index (κ1) is 26.5. The van der Waals surface area contributed by atoms with E-state index < -0.39 is 10.1 Å². The second-order valence-electron chi connectivity index (χ2n) is 6.60. The molecule has 1 heterocycles. The molecule has 1 aromatic heterocycles. The number of hydrogen-bond acceptors (Lipinski definition) is 5. The molecule has 0 spiro atoms. The first-order valence-corrected chi connectivity index (χ1v) is 12.3. The van der Waals surface area contributed by atoms with Crippen molar-refractivity contribution in [1.82, 2.24) is 9.55 Å². The number of thioether (sulfide) groups is 1.